The molecule has 1 aromatic carbocycles. The minimum atomic E-state index is -0.118. The Labute approximate surface area is 173 Å². The lowest BCUT2D eigenvalue weighted by atomic mass is 10.1. The molecule has 0 bridgehead atoms. The van der Waals surface area contributed by atoms with Crippen molar-refractivity contribution in [3.05, 3.63) is 53.5 Å². The van der Waals surface area contributed by atoms with Crippen molar-refractivity contribution in [3.8, 4) is 21.9 Å². The summed E-state index contributed by atoms with van der Waals surface area (Å²) in [4.78, 5) is 21.3. The van der Waals surface area contributed by atoms with Gasteiger partial charge in [-0.3, -0.25) is 4.79 Å². The van der Waals surface area contributed by atoms with Crippen LogP contribution in [-0.2, 0) is 0 Å². The number of thiophene rings is 1. The van der Waals surface area contributed by atoms with Crippen LogP contribution in [0.2, 0.25) is 0 Å². The fourth-order valence-corrected chi connectivity index (χ4v) is 4.57. The van der Waals surface area contributed by atoms with Gasteiger partial charge in [0.05, 0.1) is 10.6 Å². The molecule has 7 heteroatoms. The molecule has 5 rings (SSSR count). The van der Waals surface area contributed by atoms with E-state index in [1.165, 1.54) is 11.3 Å². The molecule has 1 N–H and O–H groups in total. The lowest BCUT2D eigenvalue weighted by molar-refractivity contribution is 0.103. The number of hydrogen-bond acceptors (Lipinski definition) is 6. The molecule has 6 nitrogen and oxygen atoms in total. The Morgan fingerprint density at radius 1 is 1.03 bits per heavy atom. The van der Waals surface area contributed by atoms with Crippen molar-refractivity contribution in [1.29, 1.82) is 0 Å². The number of ether oxygens (including phenoxy) is 2. The summed E-state index contributed by atoms with van der Waals surface area (Å²) in [7, 11) is 0. The van der Waals surface area contributed by atoms with Crippen LogP contribution >= 0.6 is 11.3 Å². The topological polar surface area (TPSA) is 63.7 Å². The van der Waals surface area contributed by atoms with Crippen molar-refractivity contribution in [3.63, 3.8) is 0 Å². The molecule has 2 aliphatic rings. The molecule has 2 aliphatic heterocycles. The van der Waals surface area contributed by atoms with E-state index in [4.69, 9.17) is 9.47 Å². The normalized spacial score (nSPS) is 15.4. The number of anilines is 2. The average Bonchev–Trinajstić information content (AvgIpc) is 3.46. The number of aromatic nitrogens is 1. The van der Waals surface area contributed by atoms with Gasteiger partial charge in [-0.2, -0.15) is 0 Å². The SMILES string of the molecule is O=C(Nc1cccnc1N1CCCC1)c1ccc(-c2ccc3c(c2)OCCO3)s1. The first-order valence-electron chi connectivity index (χ1n) is 9.79. The number of nitrogens with zero attached hydrogens (tertiary/aromatic N) is 2. The van der Waals surface area contributed by atoms with E-state index in [0.29, 0.717) is 18.1 Å². The minimum Gasteiger partial charge on any atom is -0.486 e. The van der Waals surface area contributed by atoms with E-state index in [0.717, 1.165) is 59.4 Å². The van der Waals surface area contributed by atoms with Crippen LogP contribution in [0, 0.1) is 0 Å². The second-order valence-corrected chi connectivity index (χ2v) is 8.13. The van der Waals surface area contributed by atoms with E-state index in [1.54, 1.807) is 6.20 Å². The highest BCUT2D eigenvalue weighted by Crippen LogP contribution is 2.37. The summed E-state index contributed by atoms with van der Waals surface area (Å²) in [6.45, 7) is 3.09. The van der Waals surface area contributed by atoms with Crippen molar-refractivity contribution in [1.82, 2.24) is 4.98 Å². The maximum absolute atomic E-state index is 12.9. The van der Waals surface area contributed by atoms with E-state index in [2.05, 4.69) is 15.2 Å². The fourth-order valence-electron chi connectivity index (χ4n) is 3.67. The minimum absolute atomic E-state index is 0.118. The zero-order valence-electron chi connectivity index (χ0n) is 15.9. The molecule has 3 aromatic rings. The number of hydrogen-bond donors (Lipinski definition) is 1. The standard InChI is InChI=1S/C22H21N3O3S/c26-22(24-16-4-3-9-23-21(16)25-10-1-2-11-25)20-8-7-19(29-20)15-5-6-17-18(14-15)28-13-12-27-17/h3-9,14H,1-2,10-13H2,(H,24,26). The fraction of sp³-hybridized carbons (Fsp3) is 0.273. The number of rotatable bonds is 4. The van der Waals surface area contributed by atoms with Gasteiger partial charge in [-0.15, -0.1) is 11.3 Å². The Bertz CT molecular complexity index is 1040. The van der Waals surface area contributed by atoms with Crippen LogP contribution in [0.4, 0.5) is 11.5 Å². The molecular weight excluding hydrogens is 386 g/mol. The number of carbonyl (C=O) groups excluding carboxylic acids is 1. The second-order valence-electron chi connectivity index (χ2n) is 7.05. The summed E-state index contributed by atoms with van der Waals surface area (Å²) in [6.07, 6.45) is 4.09. The van der Waals surface area contributed by atoms with E-state index >= 15 is 0 Å². The molecule has 148 valence electrons. The number of fused-ring (bicyclic) bond motifs is 1. The molecule has 0 unspecified atom stereocenters. The Kier molecular flexibility index (Phi) is 4.81. The summed E-state index contributed by atoms with van der Waals surface area (Å²) in [6, 6.07) is 13.5. The third kappa shape index (κ3) is 3.65. The average molecular weight is 407 g/mol. The molecule has 0 atom stereocenters. The molecule has 0 spiro atoms. The molecule has 2 aromatic heterocycles. The molecule has 0 radical (unpaired) electrons. The predicted molar refractivity (Wildman–Crippen MR) is 114 cm³/mol. The van der Waals surface area contributed by atoms with Crippen LogP contribution in [0.5, 0.6) is 11.5 Å². The van der Waals surface area contributed by atoms with Gasteiger partial charge in [-0.25, -0.2) is 4.98 Å². The number of amides is 1. The Morgan fingerprint density at radius 3 is 2.72 bits per heavy atom. The zero-order valence-corrected chi connectivity index (χ0v) is 16.7. The molecule has 0 aliphatic carbocycles. The van der Waals surface area contributed by atoms with Crippen molar-refractivity contribution in [2.75, 3.05) is 36.5 Å². The third-order valence-corrected chi connectivity index (χ3v) is 6.23. The first-order valence-corrected chi connectivity index (χ1v) is 10.6. The number of nitrogens with one attached hydrogen (secondary N) is 1. The maximum atomic E-state index is 12.9. The molecule has 1 fully saturated rings. The molecule has 1 saturated heterocycles. The van der Waals surface area contributed by atoms with Gasteiger partial charge in [0.1, 0.15) is 13.2 Å². The van der Waals surface area contributed by atoms with Gasteiger partial charge in [0.15, 0.2) is 17.3 Å². The van der Waals surface area contributed by atoms with Crippen LogP contribution in [0.3, 0.4) is 0 Å². The van der Waals surface area contributed by atoms with Gasteiger partial charge < -0.3 is 19.7 Å². The largest absolute Gasteiger partial charge is 0.486 e. The highest BCUT2D eigenvalue weighted by atomic mass is 32.1. The second kappa shape index (κ2) is 7.75. The zero-order chi connectivity index (χ0) is 19.6. The Balaban J connectivity index is 1.35. The number of pyridine rings is 1. The van der Waals surface area contributed by atoms with E-state index < -0.39 is 0 Å². The summed E-state index contributed by atoms with van der Waals surface area (Å²) in [5, 5.41) is 3.04. The lowest BCUT2D eigenvalue weighted by Gasteiger charge is -2.19. The van der Waals surface area contributed by atoms with Crippen LogP contribution in [0.1, 0.15) is 22.5 Å². The van der Waals surface area contributed by atoms with Crippen LogP contribution in [-0.4, -0.2) is 37.2 Å². The highest BCUT2D eigenvalue weighted by molar-refractivity contribution is 7.17. The molecule has 4 heterocycles. The highest BCUT2D eigenvalue weighted by Gasteiger charge is 2.19. The summed E-state index contributed by atoms with van der Waals surface area (Å²) in [5.41, 5.74) is 1.77. The Hall–Kier alpha value is -3.06. The maximum Gasteiger partial charge on any atom is 0.265 e. The van der Waals surface area contributed by atoms with Gasteiger partial charge in [0.2, 0.25) is 0 Å². The van der Waals surface area contributed by atoms with Crippen molar-refractivity contribution in [2.24, 2.45) is 0 Å². The molecular formula is C22H21N3O3S. The molecule has 29 heavy (non-hydrogen) atoms. The summed E-state index contributed by atoms with van der Waals surface area (Å²) in [5.74, 6) is 2.24. The van der Waals surface area contributed by atoms with E-state index in [-0.39, 0.29) is 5.91 Å². The van der Waals surface area contributed by atoms with E-state index in [9.17, 15) is 4.79 Å². The molecule has 1 amide bonds. The summed E-state index contributed by atoms with van der Waals surface area (Å²) >= 11 is 1.46. The van der Waals surface area contributed by atoms with Crippen LogP contribution in [0.15, 0.2) is 48.7 Å². The number of carbonyl (C=O) groups is 1. The van der Waals surface area contributed by atoms with Crippen LogP contribution < -0.4 is 19.7 Å². The van der Waals surface area contributed by atoms with Gasteiger partial charge >= 0.3 is 0 Å². The molecule has 0 saturated carbocycles. The first kappa shape index (κ1) is 18.0. The first-order chi connectivity index (χ1) is 14.3. The smallest absolute Gasteiger partial charge is 0.265 e. The van der Waals surface area contributed by atoms with Crippen molar-refractivity contribution < 1.29 is 14.3 Å². The van der Waals surface area contributed by atoms with Gasteiger partial charge in [0, 0.05) is 24.2 Å². The van der Waals surface area contributed by atoms with Crippen LogP contribution in [0.25, 0.3) is 10.4 Å². The quantitative estimate of drug-likeness (QED) is 0.693. The third-order valence-electron chi connectivity index (χ3n) is 5.10. The summed E-state index contributed by atoms with van der Waals surface area (Å²) < 4.78 is 11.3. The predicted octanol–water partition coefficient (Wildman–Crippen LogP) is 4.43. The lowest BCUT2D eigenvalue weighted by Crippen LogP contribution is -2.22. The number of benzene rings is 1. The van der Waals surface area contributed by atoms with Gasteiger partial charge in [-0.1, -0.05) is 0 Å². The Morgan fingerprint density at radius 2 is 1.86 bits per heavy atom. The monoisotopic (exact) mass is 407 g/mol. The van der Waals surface area contributed by atoms with Crippen molar-refractivity contribution in [2.45, 2.75) is 12.8 Å². The van der Waals surface area contributed by atoms with Gasteiger partial charge in [-0.05, 0) is 60.9 Å². The van der Waals surface area contributed by atoms with Gasteiger partial charge in [0.25, 0.3) is 5.91 Å². The van der Waals surface area contributed by atoms with E-state index in [1.807, 2.05) is 42.5 Å². The van der Waals surface area contributed by atoms with Crippen molar-refractivity contribution >= 4 is 28.7 Å².